The molecule has 2 aliphatic rings. The van der Waals surface area contributed by atoms with Gasteiger partial charge in [0.05, 0.1) is 0 Å². The number of allylic oxidation sites excluding steroid dienone is 1. The van der Waals surface area contributed by atoms with Crippen LogP contribution in [0.25, 0.3) is 5.57 Å². The summed E-state index contributed by atoms with van der Waals surface area (Å²) in [6.45, 7) is 4.60. The van der Waals surface area contributed by atoms with Crippen LogP contribution in [0.3, 0.4) is 0 Å². The van der Waals surface area contributed by atoms with Crippen molar-refractivity contribution >= 4 is 28.1 Å². The van der Waals surface area contributed by atoms with Gasteiger partial charge < -0.3 is 0 Å². The van der Waals surface area contributed by atoms with Crippen LogP contribution in [0.1, 0.15) is 31.4 Å². The first-order valence-electron chi connectivity index (χ1n) is 8.05. The van der Waals surface area contributed by atoms with Gasteiger partial charge in [0, 0.05) is 27.9 Å². The van der Waals surface area contributed by atoms with Crippen LogP contribution < -0.4 is 0 Å². The van der Waals surface area contributed by atoms with Crippen LogP contribution in [-0.4, -0.2) is 11.0 Å². The van der Waals surface area contributed by atoms with Crippen LogP contribution in [0.4, 0.5) is 0 Å². The molecule has 0 saturated heterocycles. The first kappa shape index (κ1) is 15.1. The topological polar surface area (TPSA) is 0 Å². The van der Waals surface area contributed by atoms with Gasteiger partial charge in [-0.25, -0.2) is 0 Å². The third kappa shape index (κ3) is 2.66. The molecule has 0 nitrogen and oxygen atoms in total. The van der Waals surface area contributed by atoms with Gasteiger partial charge in [-0.2, -0.15) is 0 Å². The lowest BCUT2D eigenvalue weighted by molar-refractivity contribution is 0.930. The minimum absolute atomic E-state index is 0.312. The van der Waals surface area contributed by atoms with E-state index in [9.17, 15) is 0 Å². The first-order valence-corrected chi connectivity index (χ1v) is 9.89. The molecule has 2 heterocycles. The number of hydrogen-bond acceptors (Lipinski definition) is 0. The molecule has 2 aromatic carbocycles. The second-order valence-corrected chi connectivity index (χ2v) is 9.09. The van der Waals surface area contributed by atoms with Gasteiger partial charge in [0.1, 0.15) is 11.0 Å². The summed E-state index contributed by atoms with van der Waals surface area (Å²) < 4.78 is 0. The molecule has 116 valence electrons. The normalized spacial score (nSPS) is 23.2. The molecule has 2 unspecified atom stereocenters. The standard InChI is InChI=1S/C21H20ClS/c1-14-11-18-12-20(16-7-9-17(22)10-8-16)19-5-3-4-6-21(19)23(18)13-15(14)2/h3-10,12,18H,11,13H2,1-2H3/q+1. The SMILES string of the molecule is CC1=C(C)C[S+]2c3ccccc3C(c3ccc(Cl)cc3)=CC2C1. The zero-order valence-corrected chi connectivity index (χ0v) is 15.0. The third-order valence-corrected chi connectivity index (χ3v) is 7.89. The van der Waals surface area contributed by atoms with Crippen molar-refractivity contribution in [2.45, 2.75) is 30.4 Å². The van der Waals surface area contributed by atoms with E-state index in [1.54, 1.807) is 11.1 Å². The molecule has 2 aliphatic heterocycles. The predicted molar refractivity (Wildman–Crippen MR) is 102 cm³/mol. The molecule has 0 aliphatic carbocycles. The lowest BCUT2D eigenvalue weighted by Gasteiger charge is -2.29. The Balaban J connectivity index is 1.86. The summed E-state index contributed by atoms with van der Waals surface area (Å²) in [6, 6.07) is 17.2. The highest BCUT2D eigenvalue weighted by Crippen LogP contribution is 2.42. The maximum absolute atomic E-state index is 6.07. The summed E-state index contributed by atoms with van der Waals surface area (Å²) in [5, 5.41) is 1.43. The van der Waals surface area contributed by atoms with Gasteiger partial charge in [-0.3, -0.25) is 0 Å². The zero-order valence-electron chi connectivity index (χ0n) is 13.5. The van der Waals surface area contributed by atoms with Gasteiger partial charge in [-0.1, -0.05) is 41.4 Å². The Labute approximate surface area is 146 Å². The number of hydrogen-bond donors (Lipinski definition) is 0. The Morgan fingerprint density at radius 2 is 1.70 bits per heavy atom. The first-order chi connectivity index (χ1) is 11.1. The van der Waals surface area contributed by atoms with Crippen LogP contribution >= 0.6 is 11.6 Å². The van der Waals surface area contributed by atoms with Crippen molar-refractivity contribution in [1.82, 2.24) is 0 Å². The van der Waals surface area contributed by atoms with Crippen molar-refractivity contribution in [2.75, 3.05) is 5.75 Å². The highest BCUT2D eigenvalue weighted by molar-refractivity contribution is 7.98. The van der Waals surface area contributed by atoms with Gasteiger partial charge in [-0.15, -0.1) is 0 Å². The lowest BCUT2D eigenvalue weighted by Crippen LogP contribution is -2.32. The van der Waals surface area contributed by atoms with E-state index in [4.69, 9.17) is 11.6 Å². The van der Waals surface area contributed by atoms with E-state index in [1.165, 1.54) is 33.8 Å². The lowest BCUT2D eigenvalue weighted by atomic mass is 9.94. The number of fused-ring (bicyclic) bond motifs is 3. The Bertz CT molecular complexity index is 814. The van der Waals surface area contributed by atoms with E-state index >= 15 is 0 Å². The van der Waals surface area contributed by atoms with Gasteiger partial charge in [-0.05, 0) is 60.9 Å². The van der Waals surface area contributed by atoms with Gasteiger partial charge in [0.15, 0.2) is 4.90 Å². The fraction of sp³-hybridized carbons (Fsp3) is 0.238. The second kappa shape index (κ2) is 5.89. The Morgan fingerprint density at radius 3 is 2.48 bits per heavy atom. The Morgan fingerprint density at radius 1 is 0.957 bits per heavy atom. The minimum atomic E-state index is 0.312. The Hall–Kier alpha value is -1.44. The summed E-state index contributed by atoms with van der Waals surface area (Å²) in [5.74, 6) is 1.22. The van der Waals surface area contributed by atoms with Crippen molar-refractivity contribution < 1.29 is 0 Å². The van der Waals surface area contributed by atoms with E-state index in [1.807, 2.05) is 12.1 Å². The fourth-order valence-electron chi connectivity index (χ4n) is 3.50. The largest absolute Gasteiger partial charge is 0.163 e. The van der Waals surface area contributed by atoms with Gasteiger partial charge in [0.25, 0.3) is 0 Å². The number of benzene rings is 2. The molecule has 0 bridgehead atoms. The number of rotatable bonds is 1. The zero-order chi connectivity index (χ0) is 16.0. The fourth-order valence-corrected chi connectivity index (χ4v) is 6.50. The molecular weight excluding hydrogens is 320 g/mol. The van der Waals surface area contributed by atoms with Crippen LogP contribution in [0.2, 0.25) is 5.02 Å². The minimum Gasteiger partial charge on any atom is -0.0843 e. The molecule has 4 rings (SSSR count). The molecule has 0 N–H and O–H groups in total. The van der Waals surface area contributed by atoms with Crippen LogP contribution in [-0.2, 0) is 10.9 Å². The van der Waals surface area contributed by atoms with E-state index in [2.05, 4.69) is 56.3 Å². The smallest absolute Gasteiger partial charge is 0.0843 e. The van der Waals surface area contributed by atoms with Crippen molar-refractivity contribution in [1.29, 1.82) is 0 Å². The highest BCUT2D eigenvalue weighted by atomic mass is 35.5. The van der Waals surface area contributed by atoms with Gasteiger partial charge in [0.2, 0.25) is 0 Å². The average Bonchev–Trinajstić information content (AvgIpc) is 2.56. The number of halogens is 1. The molecule has 2 atom stereocenters. The molecule has 0 fully saturated rings. The maximum atomic E-state index is 6.07. The molecule has 0 amide bonds. The summed E-state index contributed by atoms with van der Waals surface area (Å²) in [4.78, 5) is 1.54. The summed E-state index contributed by atoms with van der Waals surface area (Å²) in [6.07, 6.45) is 3.71. The molecule has 2 aromatic rings. The second-order valence-electron chi connectivity index (χ2n) is 6.46. The molecule has 23 heavy (non-hydrogen) atoms. The maximum Gasteiger partial charge on any atom is 0.163 e. The van der Waals surface area contributed by atoms with E-state index < -0.39 is 0 Å². The quantitative estimate of drug-likeness (QED) is 0.450. The monoisotopic (exact) mass is 339 g/mol. The molecule has 0 radical (unpaired) electrons. The van der Waals surface area contributed by atoms with Crippen LogP contribution in [0.15, 0.2) is 70.6 Å². The summed E-state index contributed by atoms with van der Waals surface area (Å²) in [7, 11) is 0.312. The predicted octanol–water partition coefficient (Wildman–Crippen LogP) is 5.87. The molecule has 0 spiro atoms. The average molecular weight is 340 g/mol. The molecular formula is C21H20ClS+. The molecule has 0 aromatic heterocycles. The van der Waals surface area contributed by atoms with Gasteiger partial charge >= 0.3 is 0 Å². The van der Waals surface area contributed by atoms with Crippen LogP contribution in [0, 0.1) is 0 Å². The van der Waals surface area contributed by atoms with E-state index in [0.29, 0.717) is 16.1 Å². The molecule has 0 saturated carbocycles. The Kier molecular flexibility index (Phi) is 3.87. The van der Waals surface area contributed by atoms with Crippen molar-refractivity contribution in [2.24, 2.45) is 0 Å². The highest BCUT2D eigenvalue weighted by Gasteiger charge is 2.41. The summed E-state index contributed by atoms with van der Waals surface area (Å²) in [5.41, 5.74) is 7.21. The van der Waals surface area contributed by atoms with E-state index in [0.717, 1.165) is 5.02 Å². The third-order valence-electron chi connectivity index (χ3n) is 4.94. The van der Waals surface area contributed by atoms with Crippen molar-refractivity contribution in [3.05, 3.63) is 81.9 Å². The van der Waals surface area contributed by atoms with Crippen LogP contribution in [0.5, 0.6) is 0 Å². The van der Waals surface area contributed by atoms with Crippen molar-refractivity contribution in [3.63, 3.8) is 0 Å². The summed E-state index contributed by atoms with van der Waals surface area (Å²) >= 11 is 6.07. The molecule has 2 heteroatoms. The van der Waals surface area contributed by atoms with E-state index in [-0.39, 0.29) is 0 Å². The van der Waals surface area contributed by atoms with Crippen molar-refractivity contribution in [3.8, 4) is 0 Å².